The fraction of sp³-hybridized carbons (Fsp3) is 0.857. The van der Waals surface area contributed by atoms with Gasteiger partial charge in [-0.2, -0.15) is 0 Å². The van der Waals surface area contributed by atoms with Crippen LogP contribution in [-0.4, -0.2) is 33.1 Å². The Hall–Kier alpha value is -0.640. The molecule has 3 heteroatoms. The summed E-state index contributed by atoms with van der Waals surface area (Å²) in [7, 11) is 0. The highest BCUT2D eigenvalue weighted by atomic mass is 16.3. The summed E-state index contributed by atoms with van der Waals surface area (Å²) in [6.07, 6.45) is 14.6. The molecular formula is C28H46O3. The predicted octanol–water partition coefficient (Wildman–Crippen LogP) is 5.64. The molecule has 0 spiro atoms. The first kappa shape index (κ1) is 23.5. The zero-order chi connectivity index (χ0) is 22.6. The third kappa shape index (κ3) is 3.58. The van der Waals surface area contributed by atoms with E-state index in [2.05, 4.69) is 46.8 Å². The molecule has 0 radical (unpaired) electrons. The zero-order valence-corrected chi connectivity index (χ0v) is 20.5. The molecule has 31 heavy (non-hydrogen) atoms. The first-order valence-electron chi connectivity index (χ1n) is 13.0. The molecule has 0 aromatic carbocycles. The number of aliphatic hydroxyl groups is 3. The molecule has 4 aliphatic rings. The second kappa shape index (κ2) is 8.29. The molecular weight excluding hydrogens is 384 g/mol. The van der Waals surface area contributed by atoms with Crippen LogP contribution in [0.25, 0.3) is 0 Å². The number of aliphatic hydroxyl groups excluding tert-OH is 2. The van der Waals surface area contributed by atoms with Crippen LogP contribution in [0, 0.1) is 40.4 Å². The van der Waals surface area contributed by atoms with Gasteiger partial charge in [-0.25, -0.2) is 0 Å². The molecule has 0 heterocycles. The van der Waals surface area contributed by atoms with Crippen LogP contribution in [0.15, 0.2) is 23.8 Å². The maximum atomic E-state index is 11.6. The van der Waals surface area contributed by atoms with Crippen LogP contribution in [0.4, 0.5) is 0 Å². The Kier molecular flexibility index (Phi) is 6.29. The molecule has 3 N–H and O–H groups in total. The number of rotatable bonds is 5. The van der Waals surface area contributed by atoms with Gasteiger partial charge in [0.05, 0.1) is 6.10 Å². The zero-order valence-electron chi connectivity index (χ0n) is 20.5. The quantitative estimate of drug-likeness (QED) is 0.495. The Morgan fingerprint density at radius 3 is 2.52 bits per heavy atom. The first-order valence-corrected chi connectivity index (χ1v) is 13.0. The number of hydrogen-bond acceptors (Lipinski definition) is 3. The van der Waals surface area contributed by atoms with Crippen molar-refractivity contribution in [1.29, 1.82) is 0 Å². The van der Waals surface area contributed by atoms with Gasteiger partial charge in [0.1, 0.15) is 11.7 Å². The van der Waals surface area contributed by atoms with Gasteiger partial charge in [0.25, 0.3) is 0 Å². The molecule has 176 valence electrons. The minimum Gasteiger partial charge on any atom is -0.393 e. The van der Waals surface area contributed by atoms with Gasteiger partial charge in [-0.3, -0.25) is 0 Å². The van der Waals surface area contributed by atoms with Crippen LogP contribution >= 0.6 is 0 Å². The van der Waals surface area contributed by atoms with Crippen LogP contribution in [0.5, 0.6) is 0 Å². The third-order valence-electron chi connectivity index (χ3n) is 10.6. The normalized spacial score (nSPS) is 49.2. The van der Waals surface area contributed by atoms with Gasteiger partial charge in [-0.05, 0) is 80.0 Å². The molecule has 3 saturated carbocycles. The monoisotopic (exact) mass is 430 g/mol. The predicted molar refractivity (Wildman–Crippen MR) is 126 cm³/mol. The molecule has 10 atom stereocenters. The molecule has 3 nitrogen and oxygen atoms in total. The van der Waals surface area contributed by atoms with Gasteiger partial charge in [-0.1, -0.05) is 64.8 Å². The molecule has 4 aliphatic carbocycles. The summed E-state index contributed by atoms with van der Waals surface area (Å²) in [5.41, 5.74) is 0.179. The largest absolute Gasteiger partial charge is 0.393 e. The van der Waals surface area contributed by atoms with Crippen molar-refractivity contribution in [2.45, 2.75) is 110 Å². The van der Waals surface area contributed by atoms with Crippen LogP contribution in [0.2, 0.25) is 0 Å². The van der Waals surface area contributed by atoms with Crippen molar-refractivity contribution < 1.29 is 15.3 Å². The molecule has 0 bridgehead atoms. The number of fused-ring (bicyclic) bond motifs is 5. The second-order valence-corrected chi connectivity index (χ2v) is 12.2. The summed E-state index contributed by atoms with van der Waals surface area (Å²) in [5.74, 6) is 2.88. The van der Waals surface area contributed by atoms with Crippen molar-refractivity contribution >= 4 is 0 Å². The van der Waals surface area contributed by atoms with E-state index in [1.54, 1.807) is 0 Å². The van der Waals surface area contributed by atoms with Crippen molar-refractivity contribution in [3.05, 3.63) is 23.8 Å². The van der Waals surface area contributed by atoms with Crippen LogP contribution in [0.3, 0.4) is 0 Å². The highest BCUT2D eigenvalue weighted by Crippen LogP contribution is 2.67. The summed E-state index contributed by atoms with van der Waals surface area (Å²) in [4.78, 5) is 0. The van der Waals surface area contributed by atoms with Crippen LogP contribution in [0.1, 0.15) is 92.4 Å². The highest BCUT2D eigenvalue weighted by molar-refractivity contribution is 5.33. The lowest BCUT2D eigenvalue weighted by Gasteiger charge is -2.62. The molecule has 0 aromatic heterocycles. The van der Waals surface area contributed by atoms with Gasteiger partial charge < -0.3 is 15.3 Å². The summed E-state index contributed by atoms with van der Waals surface area (Å²) < 4.78 is 0. The molecule has 4 rings (SSSR count). The first-order chi connectivity index (χ1) is 14.6. The van der Waals surface area contributed by atoms with Gasteiger partial charge in [0.15, 0.2) is 0 Å². The average molecular weight is 431 g/mol. The summed E-state index contributed by atoms with van der Waals surface area (Å²) in [5, 5.41) is 32.9. The lowest BCUT2D eigenvalue weighted by atomic mass is 9.45. The number of allylic oxidation sites excluding steroid dienone is 3. The van der Waals surface area contributed by atoms with E-state index in [4.69, 9.17) is 0 Å². The molecule has 1 unspecified atom stereocenters. The van der Waals surface area contributed by atoms with Crippen molar-refractivity contribution in [3.63, 3.8) is 0 Å². The lowest BCUT2D eigenvalue weighted by Crippen LogP contribution is -2.65. The maximum absolute atomic E-state index is 11.6. The standard InChI is InChI=1S/C28H46O3/c1-6-18(2)8-7-9-19(3)22-10-11-23-21-16-25(30)28(31)17-20(29)12-15-27(28,5)24(21)13-14-26(22,23)4/h7,9,16,18-20,22-25,29-31H,6,8,10-15,17H2,1-5H3/t18?,19-,20+,22-,23+,24+,25-,26-,27-,28+/m1/s1. The lowest BCUT2D eigenvalue weighted by molar-refractivity contribution is -0.210. The Labute approximate surface area is 190 Å². The fourth-order valence-electron chi connectivity index (χ4n) is 8.28. The van der Waals surface area contributed by atoms with E-state index in [-0.39, 0.29) is 10.8 Å². The van der Waals surface area contributed by atoms with Crippen LogP contribution < -0.4 is 0 Å². The Morgan fingerprint density at radius 2 is 1.81 bits per heavy atom. The van der Waals surface area contributed by atoms with Crippen molar-refractivity contribution in [3.8, 4) is 0 Å². The molecule has 0 amide bonds. The van der Waals surface area contributed by atoms with Crippen molar-refractivity contribution in [1.82, 2.24) is 0 Å². The summed E-state index contributed by atoms with van der Waals surface area (Å²) in [6, 6.07) is 0. The van der Waals surface area contributed by atoms with E-state index in [0.29, 0.717) is 30.1 Å². The Balaban J connectivity index is 1.58. The minimum absolute atomic E-state index is 0.280. The number of hydrogen-bond donors (Lipinski definition) is 3. The topological polar surface area (TPSA) is 60.7 Å². The van der Waals surface area contributed by atoms with E-state index in [9.17, 15) is 15.3 Å². The van der Waals surface area contributed by atoms with E-state index in [0.717, 1.165) is 25.2 Å². The fourth-order valence-corrected chi connectivity index (χ4v) is 8.28. The van der Waals surface area contributed by atoms with Gasteiger partial charge >= 0.3 is 0 Å². The third-order valence-corrected chi connectivity index (χ3v) is 10.6. The Bertz CT molecular complexity index is 728. The van der Waals surface area contributed by atoms with Gasteiger partial charge in [-0.15, -0.1) is 0 Å². The van der Waals surface area contributed by atoms with Crippen molar-refractivity contribution in [2.75, 3.05) is 0 Å². The smallest absolute Gasteiger partial charge is 0.102 e. The molecule has 0 saturated heterocycles. The average Bonchev–Trinajstić information content (AvgIpc) is 3.07. The minimum atomic E-state index is -1.20. The SMILES string of the molecule is CCC(C)CC=C[C@@H](C)[C@H]1CC[C@H]2C3=C[C@@H](O)[C@@]4(O)C[C@@H](O)CC[C@]4(C)[C@H]3CC[C@]12C. The van der Waals surface area contributed by atoms with Crippen LogP contribution in [-0.2, 0) is 0 Å². The van der Waals surface area contributed by atoms with E-state index in [1.807, 2.05) is 6.08 Å². The Morgan fingerprint density at radius 1 is 1.06 bits per heavy atom. The van der Waals surface area contributed by atoms with E-state index < -0.39 is 17.8 Å². The van der Waals surface area contributed by atoms with Gasteiger partial charge in [0, 0.05) is 11.8 Å². The summed E-state index contributed by atoms with van der Waals surface area (Å²) >= 11 is 0. The van der Waals surface area contributed by atoms with Crippen molar-refractivity contribution in [2.24, 2.45) is 40.4 Å². The maximum Gasteiger partial charge on any atom is 0.102 e. The van der Waals surface area contributed by atoms with E-state index >= 15 is 0 Å². The molecule has 0 aliphatic heterocycles. The second-order valence-electron chi connectivity index (χ2n) is 12.2. The van der Waals surface area contributed by atoms with Gasteiger partial charge in [0.2, 0.25) is 0 Å². The summed E-state index contributed by atoms with van der Waals surface area (Å²) in [6.45, 7) is 11.7. The molecule has 0 aromatic rings. The van der Waals surface area contributed by atoms with E-state index in [1.165, 1.54) is 37.7 Å². The highest BCUT2D eigenvalue weighted by Gasteiger charge is 2.64. The molecule has 3 fully saturated rings.